The van der Waals surface area contributed by atoms with E-state index in [4.69, 9.17) is 4.74 Å². The maximum absolute atomic E-state index is 13.1. The normalized spacial score (nSPS) is 21.2. The SMILES string of the molecule is Cc1cnc2n1C[C@H](c1ccccc1)N(C(=O)CC1CCOCC1)C2. The molecule has 1 saturated heterocycles. The lowest BCUT2D eigenvalue weighted by Gasteiger charge is -2.38. The Morgan fingerprint density at radius 2 is 2.00 bits per heavy atom. The lowest BCUT2D eigenvalue weighted by molar-refractivity contribution is -0.137. The molecular formula is C20H25N3O2. The van der Waals surface area contributed by atoms with Crippen molar-refractivity contribution >= 4 is 5.91 Å². The van der Waals surface area contributed by atoms with E-state index in [1.54, 1.807) is 0 Å². The van der Waals surface area contributed by atoms with Gasteiger partial charge in [-0.05, 0) is 31.2 Å². The van der Waals surface area contributed by atoms with Gasteiger partial charge in [-0.2, -0.15) is 0 Å². The highest BCUT2D eigenvalue weighted by Gasteiger charge is 2.33. The summed E-state index contributed by atoms with van der Waals surface area (Å²) in [6.07, 6.45) is 4.50. The Balaban J connectivity index is 1.59. The summed E-state index contributed by atoms with van der Waals surface area (Å²) in [5.74, 6) is 1.68. The largest absolute Gasteiger partial charge is 0.381 e. The zero-order chi connectivity index (χ0) is 17.2. The minimum atomic E-state index is 0.0777. The number of hydrogen-bond acceptors (Lipinski definition) is 3. The number of aromatic nitrogens is 2. The van der Waals surface area contributed by atoms with Crippen LogP contribution in [0, 0.1) is 12.8 Å². The Morgan fingerprint density at radius 3 is 2.76 bits per heavy atom. The van der Waals surface area contributed by atoms with Gasteiger partial charge < -0.3 is 14.2 Å². The number of nitrogens with zero attached hydrogens (tertiary/aromatic N) is 3. The summed E-state index contributed by atoms with van der Waals surface area (Å²) in [4.78, 5) is 19.7. The molecule has 2 aliphatic heterocycles. The van der Waals surface area contributed by atoms with Gasteiger partial charge in [0.25, 0.3) is 0 Å². The molecule has 0 bridgehead atoms. The van der Waals surface area contributed by atoms with Crippen LogP contribution in [0.2, 0.25) is 0 Å². The third kappa shape index (κ3) is 3.33. The van der Waals surface area contributed by atoms with Gasteiger partial charge in [-0.15, -0.1) is 0 Å². The van der Waals surface area contributed by atoms with Crippen LogP contribution in [0.4, 0.5) is 0 Å². The number of carbonyl (C=O) groups excluding carboxylic acids is 1. The number of aryl methyl sites for hydroxylation is 1. The van der Waals surface area contributed by atoms with E-state index in [2.05, 4.69) is 28.6 Å². The monoisotopic (exact) mass is 339 g/mol. The average Bonchev–Trinajstić information content (AvgIpc) is 3.02. The molecule has 3 heterocycles. The minimum absolute atomic E-state index is 0.0777. The zero-order valence-corrected chi connectivity index (χ0v) is 14.7. The fourth-order valence-corrected chi connectivity index (χ4v) is 3.96. The number of imidazole rings is 1. The van der Waals surface area contributed by atoms with Crippen LogP contribution in [0.5, 0.6) is 0 Å². The van der Waals surface area contributed by atoms with Gasteiger partial charge in [0.15, 0.2) is 0 Å². The van der Waals surface area contributed by atoms with Crippen LogP contribution < -0.4 is 0 Å². The first-order valence-electron chi connectivity index (χ1n) is 9.15. The summed E-state index contributed by atoms with van der Waals surface area (Å²) in [5.41, 5.74) is 2.36. The molecule has 0 radical (unpaired) electrons. The van der Waals surface area contributed by atoms with Gasteiger partial charge in [0.1, 0.15) is 5.82 Å². The fourth-order valence-electron chi connectivity index (χ4n) is 3.96. The third-order valence-electron chi connectivity index (χ3n) is 5.49. The van der Waals surface area contributed by atoms with Crippen molar-refractivity contribution in [3.63, 3.8) is 0 Å². The highest BCUT2D eigenvalue weighted by Crippen LogP contribution is 2.32. The molecule has 0 unspecified atom stereocenters. The molecular weight excluding hydrogens is 314 g/mol. The molecule has 1 aromatic carbocycles. The minimum Gasteiger partial charge on any atom is -0.381 e. The number of rotatable bonds is 3. The van der Waals surface area contributed by atoms with Crippen molar-refractivity contribution in [1.82, 2.24) is 14.5 Å². The van der Waals surface area contributed by atoms with Crippen molar-refractivity contribution < 1.29 is 9.53 Å². The molecule has 5 nitrogen and oxygen atoms in total. The molecule has 1 aromatic heterocycles. The first-order chi connectivity index (χ1) is 12.2. The first-order valence-corrected chi connectivity index (χ1v) is 9.15. The Morgan fingerprint density at radius 1 is 1.24 bits per heavy atom. The van der Waals surface area contributed by atoms with E-state index >= 15 is 0 Å². The molecule has 25 heavy (non-hydrogen) atoms. The molecule has 4 rings (SSSR count). The molecule has 1 amide bonds. The van der Waals surface area contributed by atoms with Crippen LogP contribution in [-0.2, 0) is 22.6 Å². The lowest BCUT2D eigenvalue weighted by atomic mass is 9.94. The summed E-state index contributed by atoms with van der Waals surface area (Å²) in [7, 11) is 0. The Kier molecular flexibility index (Phi) is 4.57. The predicted molar refractivity (Wildman–Crippen MR) is 94.9 cm³/mol. The first kappa shape index (κ1) is 16.3. The molecule has 1 atom stereocenters. The summed E-state index contributed by atoms with van der Waals surface area (Å²) < 4.78 is 7.67. The lowest BCUT2D eigenvalue weighted by Crippen LogP contribution is -2.42. The summed E-state index contributed by atoms with van der Waals surface area (Å²) in [6, 6.07) is 10.4. The second-order valence-corrected chi connectivity index (χ2v) is 7.13. The molecule has 5 heteroatoms. The maximum atomic E-state index is 13.1. The molecule has 2 aromatic rings. The summed E-state index contributed by atoms with van der Waals surface area (Å²) in [6.45, 7) is 5.02. The van der Waals surface area contributed by atoms with E-state index in [1.807, 2.05) is 29.3 Å². The number of hydrogen-bond donors (Lipinski definition) is 0. The molecule has 0 saturated carbocycles. The van der Waals surface area contributed by atoms with Crippen LogP contribution in [0.25, 0.3) is 0 Å². The van der Waals surface area contributed by atoms with Crippen molar-refractivity contribution in [3.8, 4) is 0 Å². The van der Waals surface area contributed by atoms with Crippen LogP contribution >= 0.6 is 0 Å². The number of carbonyl (C=O) groups is 1. The molecule has 1 fully saturated rings. The summed E-state index contributed by atoms with van der Waals surface area (Å²) in [5, 5.41) is 0. The highest BCUT2D eigenvalue weighted by molar-refractivity contribution is 5.77. The average molecular weight is 339 g/mol. The van der Waals surface area contributed by atoms with Gasteiger partial charge in [-0.3, -0.25) is 4.79 Å². The maximum Gasteiger partial charge on any atom is 0.223 e. The van der Waals surface area contributed by atoms with E-state index in [-0.39, 0.29) is 11.9 Å². The van der Waals surface area contributed by atoms with E-state index in [0.717, 1.165) is 44.1 Å². The number of ether oxygens (including phenoxy) is 1. The van der Waals surface area contributed by atoms with Gasteiger partial charge in [-0.25, -0.2) is 4.98 Å². The number of fused-ring (bicyclic) bond motifs is 1. The predicted octanol–water partition coefficient (Wildman–Crippen LogP) is 3.09. The Bertz CT molecular complexity index is 735. The zero-order valence-electron chi connectivity index (χ0n) is 14.7. The molecule has 0 N–H and O–H groups in total. The fraction of sp³-hybridized carbons (Fsp3) is 0.500. The third-order valence-corrected chi connectivity index (χ3v) is 5.49. The van der Waals surface area contributed by atoms with Crippen molar-refractivity contribution in [2.24, 2.45) is 5.92 Å². The Hall–Kier alpha value is -2.14. The van der Waals surface area contributed by atoms with Crippen molar-refractivity contribution in [1.29, 1.82) is 0 Å². The van der Waals surface area contributed by atoms with Gasteiger partial charge in [0, 0.05) is 38.1 Å². The second-order valence-electron chi connectivity index (χ2n) is 7.13. The second kappa shape index (κ2) is 7.00. The number of benzene rings is 1. The van der Waals surface area contributed by atoms with Crippen molar-refractivity contribution in [3.05, 3.63) is 53.6 Å². The standard InChI is InChI=1S/C20H25N3O2/c1-15-12-21-19-14-23(20(24)11-16-7-9-25-10-8-16)18(13-22(15)19)17-5-3-2-4-6-17/h2-6,12,16,18H,7-11,13-14H2,1H3/t18-/m1/s1. The molecule has 0 aliphatic carbocycles. The van der Waals surface area contributed by atoms with Gasteiger partial charge >= 0.3 is 0 Å². The van der Waals surface area contributed by atoms with Crippen LogP contribution in [0.15, 0.2) is 36.5 Å². The molecule has 2 aliphatic rings. The highest BCUT2D eigenvalue weighted by atomic mass is 16.5. The van der Waals surface area contributed by atoms with Crippen LogP contribution in [0.3, 0.4) is 0 Å². The van der Waals surface area contributed by atoms with Crippen LogP contribution in [-0.4, -0.2) is 33.6 Å². The Labute approximate surface area is 148 Å². The van der Waals surface area contributed by atoms with Gasteiger partial charge in [0.05, 0.1) is 12.6 Å². The summed E-state index contributed by atoms with van der Waals surface area (Å²) >= 11 is 0. The number of amides is 1. The van der Waals surface area contributed by atoms with Crippen LogP contribution in [0.1, 0.15) is 42.4 Å². The molecule has 0 spiro atoms. The van der Waals surface area contributed by atoms with E-state index in [9.17, 15) is 4.79 Å². The van der Waals surface area contributed by atoms with Crippen molar-refractivity contribution in [2.75, 3.05) is 13.2 Å². The molecule has 132 valence electrons. The van der Waals surface area contributed by atoms with E-state index in [0.29, 0.717) is 18.9 Å². The van der Waals surface area contributed by atoms with E-state index < -0.39 is 0 Å². The topological polar surface area (TPSA) is 47.4 Å². The van der Waals surface area contributed by atoms with Crippen molar-refractivity contribution in [2.45, 2.75) is 45.3 Å². The quantitative estimate of drug-likeness (QED) is 0.863. The smallest absolute Gasteiger partial charge is 0.223 e. The van der Waals surface area contributed by atoms with E-state index in [1.165, 1.54) is 5.56 Å². The van der Waals surface area contributed by atoms with Gasteiger partial charge in [-0.1, -0.05) is 30.3 Å². The van der Waals surface area contributed by atoms with Gasteiger partial charge in [0.2, 0.25) is 5.91 Å².